The third kappa shape index (κ3) is 4.42. The molecule has 0 aromatic heterocycles. The predicted molar refractivity (Wildman–Crippen MR) is 60.0 cm³/mol. The Kier molecular flexibility index (Phi) is 6.96. The quantitative estimate of drug-likeness (QED) is 0.682. The van der Waals surface area contributed by atoms with Crippen LogP contribution < -0.4 is 5.73 Å². The molecule has 0 aromatic rings. The van der Waals surface area contributed by atoms with Crippen molar-refractivity contribution in [3.8, 4) is 0 Å². The molecule has 0 heterocycles. The van der Waals surface area contributed by atoms with E-state index in [1.165, 1.54) is 0 Å². The van der Waals surface area contributed by atoms with Gasteiger partial charge in [0.05, 0.1) is 12.1 Å². The van der Waals surface area contributed by atoms with E-state index in [4.69, 9.17) is 5.73 Å². The van der Waals surface area contributed by atoms with E-state index in [1.807, 2.05) is 20.1 Å². The number of amides is 1. The molecule has 0 spiro atoms. The Hall–Kier alpha value is -0.900. The third-order valence-corrected chi connectivity index (χ3v) is 2.32. The zero-order valence-corrected chi connectivity index (χ0v) is 9.82. The number of rotatable bonds is 7. The van der Waals surface area contributed by atoms with Gasteiger partial charge >= 0.3 is 0 Å². The maximum Gasteiger partial charge on any atom is 0.239 e. The Morgan fingerprint density at radius 1 is 1.47 bits per heavy atom. The molecule has 0 saturated carbocycles. The van der Waals surface area contributed by atoms with Gasteiger partial charge in [-0.15, -0.1) is 0 Å². The van der Waals surface area contributed by atoms with E-state index in [1.54, 1.807) is 11.8 Å². The first kappa shape index (κ1) is 14.1. The van der Waals surface area contributed by atoms with Gasteiger partial charge < -0.3 is 10.6 Å². The van der Waals surface area contributed by atoms with Crippen molar-refractivity contribution in [1.29, 1.82) is 0 Å². The average Bonchev–Trinajstić information content (AvgIpc) is 2.23. The van der Waals surface area contributed by atoms with Crippen molar-refractivity contribution in [1.82, 2.24) is 4.90 Å². The number of nitrogens with two attached hydrogens (primary N) is 1. The van der Waals surface area contributed by atoms with Crippen LogP contribution in [-0.4, -0.2) is 35.7 Å². The molecule has 0 saturated heterocycles. The molecule has 1 radical (unpaired) electrons. The van der Waals surface area contributed by atoms with Crippen LogP contribution in [0.15, 0.2) is 0 Å². The summed E-state index contributed by atoms with van der Waals surface area (Å²) in [6, 6.07) is -1.00. The van der Waals surface area contributed by atoms with Gasteiger partial charge in [0.2, 0.25) is 12.2 Å². The summed E-state index contributed by atoms with van der Waals surface area (Å²) >= 11 is 0. The smallest absolute Gasteiger partial charge is 0.239 e. The fourth-order valence-electron chi connectivity index (χ4n) is 1.38. The van der Waals surface area contributed by atoms with Crippen molar-refractivity contribution in [2.45, 2.75) is 52.1 Å². The molecule has 0 fully saturated rings. The molecule has 15 heavy (non-hydrogen) atoms. The first-order valence-electron chi connectivity index (χ1n) is 5.52. The SMILES string of the molecule is CCCCN(C(=O)[C@H](C)N)[C@H]([C]=O)CC. The van der Waals surface area contributed by atoms with Gasteiger partial charge in [-0.05, 0) is 19.8 Å². The number of hydrogen-bond donors (Lipinski definition) is 1. The molecule has 0 rings (SSSR count). The van der Waals surface area contributed by atoms with Crippen LogP contribution in [0, 0.1) is 0 Å². The minimum Gasteiger partial charge on any atom is -0.331 e. The summed E-state index contributed by atoms with van der Waals surface area (Å²) in [5, 5.41) is 0. The summed E-state index contributed by atoms with van der Waals surface area (Å²) in [6.07, 6.45) is 4.35. The van der Waals surface area contributed by atoms with Gasteiger partial charge in [0.25, 0.3) is 0 Å². The van der Waals surface area contributed by atoms with E-state index in [2.05, 4.69) is 0 Å². The lowest BCUT2D eigenvalue weighted by Crippen LogP contribution is -2.48. The van der Waals surface area contributed by atoms with Crippen LogP contribution in [0.1, 0.15) is 40.0 Å². The number of carbonyl (C=O) groups is 1. The highest BCUT2D eigenvalue weighted by Crippen LogP contribution is 2.06. The van der Waals surface area contributed by atoms with Crippen molar-refractivity contribution in [3.63, 3.8) is 0 Å². The van der Waals surface area contributed by atoms with Crippen molar-refractivity contribution in [3.05, 3.63) is 0 Å². The van der Waals surface area contributed by atoms with E-state index in [-0.39, 0.29) is 5.91 Å². The number of unbranched alkanes of at least 4 members (excludes halogenated alkanes) is 1. The third-order valence-electron chi connectivity index (χ3n) is 2.32. The lowest BCUT2D eigenvalue weighted by atomic mass is 10.1. The molecule has 0 aliphatic carbocycles. The van der Waals surface area contributed by atoms with E-state index >= 15 is 0 Å². The molecule has 0 aliphatic rings. The normalized spacial score (nSPS) is 14.4. The highest BCUT2D eigenvalue weighted by molar-refractivity contribution is 5.84. The van der Waals surface area contributed by atoms with Gasteiger partial charge in [0.15, 0.2) is 0 Å². The van der Waals surface area contributed by atoms with Crippen LogP contribution in [0.2, 0.25) is 0 Å². The fourth-order valence-corrected chi connectivity index (χ4v) is 1.38. The minimum absolute atomic E-state index is 0.168. The monoisotopic (exact) mass is 213 g/mol. The number of hydrogen-bond acceptors (Lipinski definition) is 3. The molecular weight excluding hydrogens is 192 g/mol. The lowest BCUT2D eigenvalue weighted by Gasteiger charge is -2.28. The highest BCUT2D eigenvalue weighted by Gasteiger charge is 2.24. The number of nitrogens with zero attached hydrogens (tertiary/aromatic N) is 1. The Bertz CT molecular complexity index is 205. The Morgan fingerprint density at radius 3 is 2.40 bits per heavy atom. The molecule has 4 heteroatoms. The van der Waals surface area contributed by atoms with Crippen LogP contribution in [0.25, 0.3) is 0 Å². The lowest BCUT2D eigenvalue weighted by molar-refractivity contribution is -0.133. The van der Waals surface area contributed by atoms with Gasteiger partial charge in [-0.1, -0.05) is 20.3 Å². The summed E-state index contributed by atoms with van der Waals surface area (Å²) in [5.41, 5.74) is 5.53. The average molecular weight is 213 g/mol. The van der Waals surface area contributed by atoms with Gasteiger partial charge in [0, 0.05) is 6.54 Å². The summed E-state index contributed by atoms with van der Waals surface area (Å²) in [5.74, 6) is -0.168. The summed E-state index contributed by atoms with van der Waals surface area (Å²) in [4.78, 5) is 24.0. The van der Waals surface area contributed by atoms with Crippen molar-refractivity contribution < 1.29 is 9.59 Å². The summed E-state index contributed by atoms with van der Waals surface area (Å²) in [7, 11) is 0. The predicted octanol–water partition coefficient (Wildman–Crippen LogP) is 0.851. The molecule has 87 valence electrons. The van der Waals surface area contributed by atoms with Gasteiger partial charge in [-0.2, -0.15) is 0 Å². The molecule has 0 unspecified atom stereocenters. The summed E-state index contributed by atoms with van der Waals surface area (Å²) < 4.78 is 0. The largest absolute Gasteiger partial charge is 0.331 e. The van der Waals surface area contributed by atoms with Gasteiger partial charge in [0.1, 0.15) is 0 Å². The van der Waals surface area contributed by atoms with Crippen LogP contribution >= 0.6 is 0 Å². The van der Waals surface area contributed by atoms with Crippen LogP contribution in [0.4, 0.5) is 0 Å². The highest BCUT2D eigenvalue weighted by atomic mass is 16.2. The molecule has 2 N–H and O–H groups in total. The van der Waals surface area contributed by atoms with Crippen molar-refractivity contribution in [2.24, 2.45) is 5.73 Å². The zero-order chi connectivity index (χ0) is 11.8. The standard InChI is InChI=1S/C11H21N2O2/c1-4-6-7-13(10(5-2)8-14)11(15)9(3)12/h9-10H,4-7,12H2,1-3H3/t9-,10-/m0/s1. The second kappa shape index (κ2) is 7.40. The first-order chi connectivity index (χ1) is 7.08. The second-order valence-corrected chi connectivity index (χ2v) is 3.72. The maximum atomic E-state index is 11.7. The molecule has 0 bridgehead atoms. The first-order valence-corrected chi connectivity index (χ1v) is 5.52. The number of carbonyl (C=O) groups excluding carboxylic acids is 2. The molecule has 4 nitrogen and oxygen atoms in total. The molecule has 1 amide bonds. The Labute approximate surface area is 91.8 Å². The molecule has 2 atom stereocenters. The van der Waals surface area contributed by atoms with E-state index < -0.39 is 12.1 Å². The van der Waals surface area contributed by atoms with E-state index in [0.29, 0.717) is 13.0 Å². The van der Waals surface area contributed by atoms with Crippen LogP contribution in [0.3, 0.4) is 0 Å². The van der Waals surface area contributed by atoms with Crippen molar-refractivity contribution in [2.75, 3.05) is 6.54 Å². The van der Waals surface area contributed by atoms with E-state index in [0.717, 1.165) is 12.8 Å². The molecule has 0 aromatic carbocycles. The topological polar surface area (TPSA) is 63.4 Å². The van der Waals surface area contributed by atoms with Gasteiger partial charge in [-0.25, -0.2) is 0 Å². The van der Waals surface area contributed by atoms with E-state index in [9.17, 15) is 9.59 Å². The fraction of sp³-hybridized carbons (Fsp3) is 0.818. The summed E-state index contributed by atoms with van der Waals surface area (Å²) in [6.45, 7) is 6.13. The minimum atomic E-state index is -0.552. The van der Waals surface area contributed by atoms with Crippen molar-refractivity contribution >= 4 is 12.2 Å². The Morgan fingerprint density at radius 2 is 2.07 bits per heavy atom. The second-order valence-electron chi connectivity index (χ2n) is 3.72. The van der Waals surface area contributed by atoms with Gasteiger partial charge in [-0.3, -0.25) is 9.59 Å². The molecule has 0 aliphatic heterocycles. The zero-order valence-electron chi connectivity index (χ0n) is 9.82. The van der Waals surface area contributed by atoms with Crippen LogP contribution in [0.5, 0.6) is 0 Å². The molecular formula is C11H21N2O2. The van der Waals surface area contributed by atoms with Crippen LogP contribution in [-0.2, 0) is 9.59 Å². The maximum absolute atomic E-state index is 11.7. The Balaban J connectivity index is 4.54.